The van der Waals surface area contributed by atoms with Gasteiger partial charge in [-0.25, -0.2) is 0 Å². The Morgan fingerprint density at radius 3 is 2.83 bits per heavy atom. The van der Waals surface area contributed by atoms with Gasteiger partial charge in [0.05, 0.1) is 18.3 Å². The summed E-state index contributed by atoms with van der Waals surface area (Å²) in [5, 5.41) is 8.78. The van der Waals surface area contributed by atoms with E-state index in [-0.39, 0.29) is 6.04 Å². The van der Waals surface area contributed by atoms with Crippen molar-refractivity contribution in [2.45, 2.75) is 71.0 Å². The Labute approximate surface area is 136 Å². The molecule has 0 spiro atoms. The maximum atomic E-state index is 5.54. The largest absolute Gasteiger partial charge is 0.338 e. The number of aryl methyl sites for hydroxylation is 2. The van der Waals surface area contributed by atoms with Crippen LogP contribution in [-0.2, 0) is 6.54 Å². The Kier molecular flexibility index (Phi) is 3.71. The zero-order chi connectivity index (χ0) is 16.0. The number of likely N-dealkylation sites (tertiary alicyclic amines) is 1. The molecule has 1 aliphatic heterocycles. The maximum Gasteiger partial charge on any atom is 0.243 e. The number of nitrogens with zero attached hydrogens (tertiary/aromatic N) is 5. The van der Waals surface area contributed by atoms with Gasteiger partial charge in [-0.3, -0.25) is 9.58 Å². The van der Waals surface area contributed by atoms with E-state index in [4.69, 9.17) is 4.52 Å². The van der Waals surface area contributed by atoms with Crippen LogP contribution < -0.4 is 0 Å². The molecular weight excluding hydrogens is 290 g/mol. The molecule has 2 aromatic heterocycles. The van der Waals surface area contributed by atoms with Gasteiger partial charge in [-0.15, -0.1) is 0 Å². The predicted molar refractivity (Wildman–Crippen MR) is 86.1 cm³/mol. The van der Waals surface area contributed by atoms with E-state index in [0.717, 1.165) is 30.5 Å². The van der Waals surface area contributed by atoms with Crippen molar-refractivity contribution >= 4 is 0 Å². The third-order valence-electron chi connectivity index (χ3n) is 5.16. The van der Waals surface area contributed by atoms with E-state index < -0.39 is 0 Å². The number of hydrogen-bond acceptors (Lipinski definition) is 5. The number of aromatic nitrogens is 4. The Morgan fingerprint density at radius 1 is 1.30 bits per heavy atom. The number of rotatable bonds is 5. The molecule has 2 fully saturated rings. The molecule has 6 heteroatoms. The van der Waals surface area contributed by atoms with Crippen LogP contribution in [0.25, 0.3) is 0 Å². The molecule has 1 aliphatic carbocycles. The second-order valence-electron chi connectivity index (χ2n) is 7.08. The number of hydrogen-bond donors (Lipinski definition) is 0. The topological polar surface area (TPSA) is 60.0 Å². The lowest BCUT2D eigenvalue weighted by molar-refractivity contribution is 0.144. The van der Waals surface area contributed by atoms with Gasteiger partial charge in [0.1, 0.15) is 0 Å². The lowest BCUT2D eigenvalue weighted by Gasteiger charge is -2.28. The van der Waals surface area contributed by atoms with Gasteiger partial charge < -0.3 is 4.52 Å². The molecule has 0 bridgehead atoms. The summed E-state index contributed by atoms with van der Waals surface area (Å²) >= 11 is 0. The molecule has 6 nitrogen and oxygen atoms in total. The summed E-state index contributed by atoms with van der Waals surface area (Å²) in [7, 11) is 0. The first kappa shape index (κ1) is 14.9. The van der Waals surface area contributed by atoms with Crippen LogP contribution in [0, 0.1) is 13.8 Å². The highest BCUT2D eigenvalue weighted by Crippen LogP contribution is 2.39. The summed E-state index contributed by atoms with van der Waals surface area (Å²) in [6.45, 7) is 8.39. The lowest BCUT2D eigenvalue weighted by Crippen LogP contribution is -2.35. The van der Waals surface area contributed by atoms with Crippen molar-refractivity contribution in [2.24, 2.45) is 0 Å². The molecule has 2 atom stereocenters. The standard InChI is InChI=1S/C17H25N5O/c1-11-9-12(2)22(19-11)10-15-5-4-8-21(15)13(3)17-18-16(20-23-17)14-6-7-14/h9,13-15H,4-8,10H2,1-3H3/t13-,15+/m1/s1. The van der Waals surface area contributed by atoms with Crippen molar-refractivity contribution in [3.05, 3.63) is 29.2 Å². The van der Waals surface area contributed by atoms with E-state index in [0.29, 0.717) is 12.0 Å². The van der Waals surface area contributed by atoms with E-state index in [1.54, 1.807) is 0 Å². The van der Waals surface area contributed by atoms with Crippen molar-refractivity contribution in [3.63, 3.8) is 0 Å². The van der Waals surface area contributed by atoms with Gasteiger partial charge in [-0.1, -0.05) is 5.16 Å². The molecular formula is C17H25N5O. The third kappa shape index (κ3) is 2.92. The Balaban J connectivity index is 1.48. The monoisotopic (exact) mass is 315 g/mol. The minimum atomic E-state index is 0.180. The van der Waals surface area contributed by atoms with Gasteiger partial charge in [0.15, 0.2) is 5.82 Å². The average Bonchev–Trinajstić information content (AvgIpc) is 2.95. The van der Waals surface area contributed by atoms with Crippen molar-refractivity contribution in [1.82, 2.24) is 24.8 Å². The normalized spacial score (nSPS) is 23.5. The molecule has 124 valence electrons. The molecule has 3 heterocycles. The van der Waals surface area contributed by atoms with E-state index in [9.17, 15) is 0 Å². The summed E-state index contributed by atoms with van der Waals surface area (Å²) in [6.07, 6.45) is 4.83. The molecule has 4 rings (SSSR count). The zero-order valence-corrected chi connectivity index (χ0v) is 14.2. The first-order valence-corrected chi connectivity index (χ1v) is 8.72. The molecule has 2 aliphatic rings. The highest BCUT2D eigenvalue weighted by atomic mass is 16.5. The average molecular weight is 315 g/mol. The van der Waals surface area contributed by atoms with Crippen molar-refractivity contribution in [2.75, 3.05) is 6.54 Å². The van der Waals surface area contributed by atoms with Gasteiger partial charge >= 0.3 is 0 Å². The quantitative estimate of drug-likeness (QED) is 0.849. The van der Waals surface area contributed by atoms with E-state index in [2.05, 4.69) is 51.7 Å². The van der Waals surface area contributed by atoms with Crippen LogP contribution in [0.15, 0.2) is 10.6 Å². The van der Waals surface area contributed by atoms with Crippen molar-refractivity contribution in [3.8, 4) is 0 Å². The fourth-order valence-corrected chi connectivity index (χ4v) is 3.69. The van der Waals surface area contributed by atoms with Crippen molar-refractivity contribution in [1.29, 1.82) is 0 Å². The van der Waals surface area contributed by atoms with Gasteiger partial charge in [0.25, 0.3) is 0 Å². The minimum absolute atomic E-state index is 0.180. The molecule has 23 heavy (non-hydrogen) atoms. The summed E-state index contributed by atoms with van der Waals surface area (Å²) in [4.78, 5) is 7.14. The van der Waals surface area contributed by atoms with Gasteiger partial charge in [0, 0.05) is 17.7 Å². The van der Waals surface area contributed by atoms with Crippen LogP contribution in [0.1, 0.15) is 67.7 Å². The predicted octanol–water partition coefficient (Wildman–Crippen LogP) is 2.99. The first-order chi connectivity index (χ1) is 11.1. The van der Waals surface area contributed by atoms with E-state index in [1.807, 2.05) is 0 Å². The molecule has 0 amide bonds. The summed E-state index contributed by atoms with van der Waals surface area (Å²) in [5.74, 6) is 2.22. The summed E-state index contributed by atoms with van der Waals surface area (Å²) in [5.41, 5.74) is 2.32. The molecule has 0 radical (unpaired) electrons. The van der Waals surface area contributed by atoms with Gasteiger partial charge in [-0.2, -0.15) is 10.1 Å². The van der Waals surface area contributed by atoms with E-state index in [1.165, 1.54) is 31.4 Å². The van der Waals surface area contributed by atoms with Crippen LogP contribution in [0.5, 0.6) is 0 Å². The van der Waals surface area contributed by atoms with Crippen LogP contribution in [0.3, 0.4) is 0 Å². The maximum absolute atomic E-state index is 5.54. The van der Waals surface area contributed by atoms with E-state index >= 15 is 0 Å². The third-order valence-corrected chi connectivity index (χ3v) is 5.16. The lowest BCUT2D eigenvalue weighted by atomic mass is 10.2. The van der Waals surface area contributed by atoms with Gasteiger partial charge in [-0.05, 0) is 59.1 Å². The first-order valence-electron chi connectivity index (χ1n) is 8.72. The highest BCUT2D eigenvalue weighted by molar-refractivity contribution is 5.08. The Morgan fingerprint density at radius 2 is 2.13 bits per heavy atom. The fourth-order valence-electron chi connectivity index (χ4n) is 3.69. The van der Waals surface area contributed by atoms with Crippen LogP contribution >= 0.6 is 0 Å². The molecule has 0 unspecified atom stereocenters. The fraction of sp³-hybridized carbons (Fsp3) is 0.706. The Hall–Kier alpha value is -1.69. The smallest absolute Gasteiger partial charge is 0.243 e. The zero-order valence-electron chi connectivity index (χ0n) is 14.2. The SMILES string of the molecule is Cc1cc(C)n(C[C@@H]2CCCN2[C@H](C)c2nc(C3CC3)no2)n1. The second kappa shape index (κ2) is 5.74. The van der Waals surface area contributed by atoms with Crippen LogP contribution in [0.4, 0.5) is 0 Å². The molecule has 0 aromatic carbocycles. The summed E-state index contributed by atoms with van der Waals surface area (Å²) < 4.78 is 7.67. The second-order valence-corrected chi connectivity index (χ2v) is 7.08. The highest BCUT2D eigenvalue weighted by Gasteiger charge is 2.34. The Bertz CT molecular complexity index is 687. The molecule has 1 saturated carbocycles. The minimum Gasteiger partial charge on any atom is -0.338 e. The van der Waals surface area contributed by atoms with Gasteiger partial charge in [0.2, 0.25) is 5.89 Å². The van der Waals surface area contributed by atoms with Crippen molar-refractivity contribution < 1.29 is 4.52 Å². The molecule has 1 saturated heterocycles. The van der Waals surface area contributed by atoms with Crippen LogP contribution in [0.2, 0.25) is 0 Å². The molecule has 2 aromatic rings. The van der Waals surface area contributed by atoms with Crippen LogP contribution in [-0.4, -0.2) is 37.4 Å². The molecule has 0 N–H and O–H groups in total. The summed E-state index contributed by atoms with van der Waals surface area (Å²) in [6, 6.07) is 2.81.